The van der Waals surface area contributed by atoms with Gasteiger partial charge < -0.3 is 10.2 Å². The summed E-state index contributed by atoms with van der Waals surface area (Å²) >= 11 is 24.1. The third-order valence-electron chi connectivity index (χ3n) is 2.77. The van der Waals surface area contributed by atoms with E-state index in [9.17, 15) is 0 Å². The minimum Gasteiger partial charge on any atom is -0.436 e. The molecule has 102 valence electrons. The van der Waals surface area contributed by atoms with E-state index in [0.717, 1.165) is 0 Å². The molecule has 2 aromatic carbocycles. The first kappa shape index (κ1) is 13.8. The molecule has 0 aliphatic heterocycles. The molecule has 0 atom stereocenters. The van der Waals surface area contributed by atoms with E-state index in [0.29, 0.717) is 37.6 Å². The van der Waals surface area contributed by atoms with Crippen LogP contribution < -0.4 is 5.73 Å². The zero-order chi connectivity index (χ0) is 14.4. The Bertz CT molecular complexity index is 829. The van der Waals surface area contributed by atoms with Crippen LogP contribution in [0.1, 0.15) is 0 Å². The van der Waals surface area contributed by atoms with E-state index < -0.39 is 0 Å². The molecule has 2 N–H and O–H groups in total. The number of fused-ring (bicyclic) bond motifs is 1. The molecule has 0 aliphatic rings. The van der Waals surface area contributed by atoms with Crippen LogP contribution in [-0.2, 0) is 0 Å². The average Bonchev–Trinajstić information content (AvgIpc) is 2.83. The zero-order valence-corrected chi connectivity index (χ0v) is 12.8. The first-order valence-electron chi connectivity index (χ1n) is 5.47. The number of aromatic nitrogens is 1. The summed E-state index contributed by atoms with van der Waals surface area (Å²) in [4.78, 5) is 4.31. The van der Waals surface area contributed by atoms with Gasteiger partial charge in [-0.3, -0.25) is 0 Å². The Morgan fingerprint density at radius 3 is 2.50 bits per heavy atom. The number of hydrogen-bond acceptors (Lipinski definition) is 3. The van der Waals surface area contributed by atoms with Crippen molar-refractivity contribution in [2.75, 3.05) is 5.73 Å². The first-order valence-corrected chi connectivity index (χ1v) is 6.98. The van der Waals surface area contributed by atoms with Gasteiger partial charge in [-0.05, 0) is 18.2 Å². The second-order valence-corrected chi connectivity index (χ2v) is 5.70. The molecule has 0 radical (unpaired) electrons. The molecule has 0 saturated heterocycles. The number of oxazole rings is 1. The third kappa shape index (κ3) is 2.21. The summed E-state index contributed by atoms with van der Waals surface area (Å²) in [5.74, 6) is 0.302. The minimum atomic E-state index is 0.251. The van der Waals surface area contributed by atoms with E-state index >= 15 is 0 Å². The second kappa shape index (κ2) is 5.01. The van der Waals surface area contributed by atoms with Gasteiger partial charge in [-0.2, -0.15) is 0 Å². The largest absolute Gasteiger partial charge is 0.436 e. The summed E-state index contributed by atoms with van der Waals surface area (Å²) in [7, 11) is 0. The zero-order valence-electron chi connectivity index (χ0n) is 9.75. The van der Waals surface area contributed by atoms with E-state index in [1.807, 2.05) is 0 Å². The number of rotatable bonds is 1. The molecule has 1 heterocycles. The molecule has 0 aliphatic carbocycles. The quantitative estimate of drug-likeness (QED) is 0.575. The maximum Gasteiger partial charge on any atom is 0.228 e. The summed E-state index contributed by atoms with van der Waals surface area (Å²) in [6.07, 6.45) is 0. The van der Waals surface area contributed by atoms with Crippen LogP contribution >= 0.6 is 46.4 Å². The molecule has 7 heteroatoms. The van der Waals surface area contributed by atoms with Crippen molar-refractivity contribution >= 4 is 63.2 Å². The Morgan fingerprint density at radius 2 is 1.75 bits per heavy atom. The number of hydrogen-bond donors (Lipinski definition) is 1. The van der Waals surface area contributed by atoms with Crippen LogP contribution in [0.3, 0.4) is 0 Å². The lowest BCUT2D eigenvalue weighted by Gasteiger charge is -1.99. The molecule has 0 bridgehead atoms. The predicted molar refractivity (Wildman–Crippen MR) is 83.9 cm³/mol. The summed E-state index contributed by atoms with van der Waals surface area (Å²) in [5, 5.41) is 1.55. The maximum atomic E-state index is 6.12. The first-order chi connectivity index (χ1) is 9.47. The van der Waals surface area contributed by atoms with Crippen molar-refractivity contribution in [3.63, 3.8) is 0 Å². The number of benzene rings is 2. The van der Waals surface area contributed by atoms with Crippen molar-refractivity contribution in [2.45, 2.75) is 0 Å². The maximum absolute atomic E-state index is 6.12. The molecular formula is C13H6Cl4N2O. The van der Waals surface area contributed by atoms with Crippen LogP contribution in [0.25, 0.3) is 22.6 Å². The molecule has 0 unspecified atom stereocenters. The fraction of sp³-hybridized carbons (Fsp3) is 0. The molecule has 0 amide bonds. The van der Waals surface area contributed by atoms with Crippen molar-refractivity contribution in [2.24, 2.45) is 0 Å². The Hall–Kier alpha value is -1.13. The Morgan fingerprint density at radius 1 is 1.00 bits per heavy atom. The Balaban J connectivity index is 2.28. The molecule has 3 aromatic rings. The van der Waals surface area contributed by atoms with E-state index in [4.69, 9.17) is 56.6 Å². The number of nitrogen functional groups attached to an aromatic ring is 1. The van der Waals surface area contributed by atoms with Gasteiger partial charge in [0.05, 0.1) is 26.3 Å². The van der Waals surface area contributed by atoms with E-state index in [2.05, 4.69) is 4.98 Å². The molecule has 3 rings (SSSR count). The second-order valence-electron chi connectivity index (χ2n) is 4.08. The van der Waals surface area contributed by atoms with Gasteiger partial charge in [-0.25, -0.2) is 4.98 Å². The number of nitrogens with two attached hydrogens (primary N) is 1. The van der Waals surface area contributed by atoms with Gasteiger partial charge in [0.15, 0.2) is 5.58 Å². The van der Waals surface area contributed by atoms with Gasteiger partial charge >= 0.3 is 0 Å². The molecule has 0 spiro atoms. The third-order valence-corrected chi connectivity index (χ3v) is 4.03. The fourth-order valence-electron chi connectivity index (χ4n) is 1.79. The highest BCUT2D eigenvalue weighted by Crippen LogP contribution is 2.38. The van der Waals surface area contributed by atoms with Gasteiger partial charge in [-0.15, -0.1) is 0 Å². The van der Waals surface area contributed by atoms with Crippen LogP contribution in [0.15, 0.2) is 28.7 Å². The predicted octanol–water partition coefficient (Wildman–Crippen LogP) is 5.69. The average molecular weight is 348 g/mol. The van der Waals surface area contributed by atoms with Crippen molar-refractivity contribution in [3.05, 3.63) is 44.4 Å². The smallest absolute Gasteiger partial charge is 0.228 e. The van der Waals surface area contributed by atoms with Gasteiger partial charge in [-0.1, -0.05) is 46.4 Å². The highest BCUT2D eigenvalue weighted by atomic mass is 35.5. The van der Waals surface area contributed by atoms with Crippen LogP contribution in [0, 0.1) is 0 Å². The van der Waals surface area contributed by atoms with E-state index in [-0.39, 0.29) is 10.7 Å². The SMILES string of the molecule is Nc1c(Cl)cc2oc(-c3cc(Cl)ccc3Cl)nc2c1Cl. The van der Waals surface area contributed by atoms with Gasteiger partial charge in [0.1, 0.15) is 5.52 Å². The Labute approximate surface area is 134 Å². The molecule has 1 aromatic heterocycles. The number of nitrogens with zero attached hydrogens (tertiary/aromatic N) is 1. The highest BCUT2D eigenvalue weighted by Gasteiger charge is 2.17. The standard InChI is InChI=1S/C13H6Cl4N2O/c14-5-1-2-7(15)6(3-5)13-19-12-9(20-13)4-8(16)11(18)10(12)17/h1-4H,18H2. The lowest BCUT2D eigenvalue weighted by molar-refractivity contribution is 0.620. The van der Waals surface area contributed by atoms with Crippen molar-refractivity contribution in [3.8, 4) is 11.5 Å². The summed E-state index contributed by atoms with van der Waals surface area (Å²) in [5.41, 5.74) is 7.45. The topological polar surface area (TPSA) is 52.0 Å². The lowest BCUT2D eigenvalue weighted by Crippen LogP contribution is -1.88. The van der Waals surface area contributed by atoms with Crippen LogP contribution in [0.5, 0.6) is 0 Å². The fourth-order valence-corrected chi connectivity index (χ4v) is 2.64. The number of halogens is 4. The van der Waals surface area contributed by atoms with Crippen LogP contribution in [0.4, 0.5) is 5.69 Å². The van der Waals surface area contributed by atoms with Gasteiger partial charge in [0, 0.05) is 11.1 Å². The monoisotopic (exact) mass is 346 g/mol. The number of anilines is 1. The summed E-state index contributed by atoms with van der Waals surface area (Å²) in [6.45, 7) is 0. The van der Waals surface area contributed by atoms with Crippen molar-refractivity contribution in [1.82, 2.24) is 4.98 Å². The molecule has 20 heavy (non-hydrogen) atoms. The van der Waals surface area contributed by atoms with E-state index in [1.54, 1.807) is 24.3 Å². The lowest BCUT2D eigenvalue weighted by atomic mass is 10.2. The Kier molecular flexibility index (Phi) is 3.46. The molecule has 3 nitrogen and oxygen atoms in total. The summed E-state index contributed by atoms with van der Waals surface area (Å²) in [6, 6.07) is 6.56. The van der Waals surface area contributed by atoms with Gasteiger partial charge in [0.2, 0.25) is 5.89 Å². The van der Waals surface area contributed by atoms with Crippen LogP contribution in [-0.4, -0.2) is 4.98 Å². The molecule has 0 saturated carbocycles. The van der Waals surface area contributed by atoms with Crippen molar-refractivity contribution < 1.29 is 4.42 Å². The highest BCUT2D eigenvalue weighted by molar-refractivity contribution is 6.42. The molecule has 0 fully saturated rings. The van der Waals surface area contributed by atoms with Crippen molar-refractivity contribution in [1.29, 1.82) is 0 Å². The van der Waals surface area contributed by atoms with Crippen LogP contribution in [0.2, 0.25) is 20.1 Å². The minimum absolute atomic E-state index is 0.251. The van der Waals surface area contributed by atoms with Gasteiger partial charge in [0.25, 0.3) is 0 Å². The summed E-state index contributed by atoms with van der Waals surface area (Å²) < 4.78 is 5.63. The molecular weight excluding hydrogens is 342 g/mol. The van der Waals surface area contributed by atoms with E-state index in [1.165, 1.54) is 0 Å². The normalized spacial score (nSPS) is 11.2.